The molecule has 0 fully saturated rings. The van der Waals surface area contributed by atoms with Gasteiger partial charge in [0.1, 0.15) is 11.5 Å². The molecular weight excluding hydrogens is 256 g/mol. The summed E-state index contributed by atoms with van der Waals surface area (Å²) in [5.41, 5.74) is 4.73. The molecule has 0 saturated heterocycles. The second-order valence-electron chi connectivity index (χ2n) is 5.16. The molecule has 3 rings (SSSR count). The minimum atomic E-state index is 0.942. The summed E-state index contributed by atoms with van der Waals surface area (Å²) in [6, 6.07) is 22.9. The maximum Gasteiger partial charge on any atom is 0.108 e. The number of furan rings is 1. The molecule has 0 bridgehead atoms. The molecule has 0 aliphatic heterocycles. The van der Waals surface area contributed by atoms with Gasteiger partial charge in [0.15, 0.2) is 0 Å². The molecule has 0 radical (unpaired) electrons. The van der Waals surface area contributed by atoms with Crippen LogP contribution < -0.4 is 0 Å². The molecule has 1 aromatic heterocycles. The van der Waals surface area contributed by atoms with Crippen LogP contribution in [0.25, 0.3) is 11.6 Å². The van der Waals surface area contributed by atoms with Gasteiger partial charge in [0, 0.05) is 5.56 Å². The zero-order chi connectivity index (χ0) is 14.7. The normalized spacial score (nSPS) is 11.6. The molecule has 21 heavy (non-hydrogen) atoms. The molecule has 104 valence electrons. The van der Waals surface area contributed by atoms with Crippen LogP contribution in [0.1, 0.15) is 28.2 Å². The Labute approximate surface area is 125 Å². The van der Waals surface area contributed by atoms with E-state index in [1.807, 2.05) is 26.0 Å². The van der Waals surface area contributed by atoms with Crippen molar-refractivity contribution in [1.82, 2.24) is 0 Å². The van der Waals surface area contributed by atoms with E-state index in [0.717, 1.165) is 17.1 Å². The summed E-state index contributed by atoms with van der Waals surface area (Å²) < 4.78 is 5.71. The highest BCUT2D eigenvalue weighted by Crippen LogP contribution is 2.30. The molecule has 0 unspecified atom stereocenters. The predicted molar refractivity (Wildman–Crippen MR) is 88.0 cm³/mol. The molecule has 1 nitrogen and oxygen atoms in total. The summed E-state index contributed by atoms with van der Waals surface area (Å²) in [5, 5.41) is 0. The van der Waals surface area contributed by atoms with Crippen LogP contribution in [0.15, 0.2) is 71.1 Å². The van der Waals surface area contributed by atoms with Gasteiger partial charge in [-0.2, -0.15) is 0 Å². The Hall–Kier alpha value is -2.54. The summed E-state index contributed by atoms with van der Waals surface area (Å²) in [4.78, 5) is 0. The molecular formula is C20H18O. The van der Waals surface area contributed by atoms with E-state index in [4.69, 9.17) is 4.42 Å². The van der Waals surface area contributed by atoms with Crippen LogP contribution in [-0.2, 0) is 0 Å². The number of benzene rings is 2. The Balaban J connectivity index is 2.17. The monoisotopic (exact) mass is 274 g/mol. The van der Waals surface area contributed by atoms with E-state index in [1.54, 1.807) is 0 Å². The topological polar surface area (TPSA) is 13.1 Å². The van der Waals surface area contributed by atoms with Crippen LogP contribution in [-0.4, -0.2) is 0 Å². The van der Waals surface area contributed by atoms with Gasteiger partial charge in [-0.1, -0.05) is 60.7 Å². The molecule has 1 heterocycles. The Morgan fingerprint density at radius 1 is 0.857 bits per heavy atom. The molecule has 0 atom stereocenters. The standard InChI is InChI=1S/C20H18O/c1-15-13-19(16(2)21-15)20(18-11-7-4-8-12-18)14-17-9-5-3-6-10-17/h3-14H,1-2H3/b20-14+. The smallest absolute Gasteiger partial charge is 0.108 e. The van der Waals surface area contributed by atoms with Crippen molar-refractivity contribution in [3.63, 3.8) is 0 Å². The average molecular weight is 274 g/mol. The van der Waals surface area contributed by atoms with Gasteiger partial charge in [-0.05, 0) is 42.7 Å². The summed E-state index contributed by atoms with van der Waals surface area (Å²) in [6.07, 6.45) is 2.21. The van der Waals surface area contributed by atoms with E-state index in [1.165, 1.54) is 16.7 Å². The summed E-state index contributed by atoms with van der Waals surface area (Å²) in [5.74, 6) is 1.90. The predicted octanol–water partition coefficient (Wildman–Crippen LogP) is 5.49. The number of rotatable bonds is 3. The lowest BCUT2D eigenvalue weighted by Gasteiger charge is -2.07. The number of aryl methyl sites for hydroxylation is 2. The van der Waals surface area contributed by atoms with Crippen molar-refractivity contribution in [2.45, 2.75) is 13.8 Å². The second-order valence-corrected chi connectivity index (χ2v) is 5.16. The van der Waals surface area contributed by atoms with Crippen molar-refractivity contribution in [1.29, 1.82) is 0 Å². The third-order valence-corrected chi connectivity index (χ3v) is 3.53. The minimum absolute atomic E-state index is 0.942. The summed E-state index contributed by atoms with van der Waals surface area (Å²) in [6.45, 7) is 4.01. The van der Waals surface area contributed by atoms with Gasteiger partial charge < -0.3 is 4.42 Å². The molecule has 0 aliphatic carbocycles. The van der Waals surface area contributed by atoms with E-state index >= 15 is 0 Å². The van der Waals surface area contributed by atoms with Crippen LogP contribution in [0.3, 0.4) is 0 Å². The zero-order valence-corrected chi connectivity index (χ0v) is 12.3. The zero-order valence-electron chi connectivity index (χ0n) is 12.3. The highest BCUT2D eigenvalue weighted by Gasteiger charge is 2.12. The quantitative estimate of drug-likeness (QED) is 0.576. The van der Waals surface area contributed by atoms with Crippen molar-refractivity contribution in [2.24, 2.45) is 0 Å². The molecule has 0 aliphatic rings. The third-order valence-electron chi connectivity index (χ3n) is 3.53. The molecule has 2 aromatic carbocycles. The van der Waals surface area contributed by atoms with Crippen molar-refractivity contribution < 1.29 is 4.42 Å². The molecule has 0 N–H and O–H groups in total. The molecule has 3 aromatic rings. The molecule has 0 saturated carbocycles. The van der Waals surface area contributed by atoms with Crippen molar-refractivity contribution in [3.8, 4) is 0 Å². The van der Waals surface area contributed by atoms with E-state index < -0.39 is 0 Å². The van der Waals surface area contributed by atoms with Crippen LogP contribution in [0.5, 0.6) is 0 Å². The fourth-order valence-electron chi connectivity index (χ4n) is 2.55. The molecule has 0 spiro atoms. The Kier molecular flexibility index (Phi) is 3.74. The van der Waals surface area contributed by atoms with E-state index in [9.17, 15) is 0 Å². The fraction of sp³-hybridized carbons (Fsp3) is 0.100. The van der Waals surface area contributed by atoms with Crippen LogP contribution in [0.2, 0.25) is 0 Å². The molecule has 0 amide bonds. The average Bonchev–Trinajstić information content (AvgIpc) is 2.85. The van der Waals surface area contributed by atoms with Crippen molar-refractivity contribution >= 4 is 11.6 Å². The van der Waals surface area contributed by atoms with Gasteiger partial charge in [0.05, 0.1) is 0 Å². The minimum Gasteiger partial charge on any atom is -0.466 e. The summed E-state index contributed by atoms with van der Waals surface area (Å²) in [7, 11) is 0. The van der Waals surface area contributed by atoms with Crippen LogP contribution in [0, 0.1) is 13.8 Å². The van der Waals surface area contributed by atoms with Crippen LogP contribution in [0.4, 0.5) is 0 Å². The van der Waals surface area contributed by atoms with Gasteiger partial charge >= 0.3 is 0 Å². The van der Waals surface area contributed by atoms with Crippen LogP contribution >= 0.6 is 0 Å². The van der Waals surface area contributed by atoms with E-state index in [0.29, 0.717) is 0 Å². The fourth-order valence-corrected chi connectivity index (χ4v) is 2.55. The van der Waals surface area contributed by atoms with Gasteiger partial charge in [-0.15, -0.1) is 0 Å². The summed E-state index contributed by atoms with van der Waals surface area (Å²) >= 11 is 0. The van der Waals surface area contributed by atoms with Crippen molar-refractivity contribution in [3.05, 3.63) is 94.9 Å². The highest BCUT2D eigenvalue weighted by molar-refractivity contribution is 5.92. The highest BCUT2D eigenvalue weighted by atomic mass is 16.3. The largest absolute Gasteiger partial charge is 0.466 e. The Morgan fingerprint density at radius 2 is 1.48 bits per heavy atom. The first-order chi connectivity index (χ1) is 10.2. The maximum atomic E-state index is 5.71. The first-order valence-corrected chi connectivity index (χ1v) is 7.13. The Morgan fingerprint density at radius 3 is 2.05 bits per heavy atom. The van der Waals surface area contributed by atoms with Gasteiger partial charge in [-0.25, -0.2) is 0 Å². The van der Waals surface area contributed by atoms with Gasteiger partial charge in [0.25, 0.3) is 0 Å². The lowest BCUT2D eigenvalue weighted by Crippen LogP contribution is -1.88. The first kappa shape index (κ1) is 13.4. The molecule has 1 heteroatoms. The van der Waals surface area contributed by atoms with E-state index in [-0.39, 0.29) is 0 Å². The second kappa shape index (κ2) is 5.84. The lowest BCUT2D eigenvalue weighted by molar-refractivity contribution is 0.504. The SMILES string of the molecule is Cc1cc(/C(=C/c2ccccc2)c2ccccc2)c(C)o1. The maximum absolute atomic E-state index is 5.71. The lowest BCUT2D eigenvalue weighted by atomic mass is 9.96. The number of hydrogen-bond donors (Lipinski definition) is 0. The first-order valence-electron chi connectivity index (χ1n) is 7.13. The van der Waals surface area contributed by atoms with Gasteiger partial charge in [-0.3, -0.25) is 0 Å². The Bertz CT molecular complexity index is 749. The van der Waals surface area contributed by atoms with Gasteiger partial charge in [0.2, 0.25) is 0 Å². The van der Waals surface area contributed by atoms with Crippen molar-refractivity contribution in [2.75, 3.05) is 0 Å². The van der Waals surface area contributed by atoms with E-state index in [2.05, 4.69) is 60.7 Å². The third kappa shape index (κ3) is 2.97. The number of hydrogen-bond acceptors (Lipinski definition) is 1.